The molecule has 6 heteroatoms. The molecule has 4 rings (SSSR count). The summed E-state index contributed by atoms with van der Waals surface area (Å²) in [4.78, 5) is 39.4. The number of ether oxygens (including phenoxy) is 1. The van der Waals surface area contributed by atoms with Crippen molar-refractivity contribution >= 4 is 29.6 Å². The molecule has 0 radical (unpaired) electrons. The summed E-state index contributed by atoms with van der Waals surface area (Å²) in [7, 11) is 0. The van der Waals surface area contributed by atoms with Crippen molar-refractivity contribution in [1.82, 2.24) is 5.32 Å². The van der Waals surface area contributed by atoms with Crippen LogP contribution in [0.25, 0.3) is 6.08 Å². The highest BCUT2D eigenvalue weighted by Crippen LogP contribution is 2.28. The molecular weight excluding hydrogens is 416 g/mol. The summed E-state index contributed by atoms with van der Waals surface area (Å²) in [5.74, 6) is -0.870. The van der Waals surface area contributed by atoms with Gasteiger partial charge in [-0.2, -0.15) is 0 Å². The number of amides is 4. The molecular formula is C27H24N2O4. The lowest BCUT2D eigenvalue weighted by Crippen LogP contribution is -2.54. The van der Waals surface area contributed by atoms with Gasteiger partial charge in [-0.05, 0) is 42.7 Å². The van der Waals surface area contributed by atoms with E-state index in [1.165, 1.54) is 6.08 Å². The van der Waals surface area contributed by atoms with E-state index >= 15 is 0 Å². The van der Waals surface area contributed by atoms with Gasteiger partial charge in [0.2, 0.25) is 0 Å². The Morgan fingerprint density at radius 1 is 0.909 bits per heavy atom. The zero-order chi connectivity index (χ0) is 23.4. The van der Waals surface area contributed by atoms with Crippen molar-refractivity contribution < 1.29 is 19.1 Å². The summed E-state index contributed by atoms with van der Waals surface area (Å²) < 4.78 is 5.98. The minimum Gasteiger partial charge on any atom is -0.488 e. The van der Waals surface area contributed by atoms with Gasteiger partial charge in [0, 0.05) is 5.56 Å². The standard InChI is InChI=1S/C27H24N2O4/c1-3-20-8-4-6-10-23(20)29-26(31)22(25(30)28-27(29)32)16-21-9-5-7-11-24(21)33-17-19-14-12-18(2)13-15-19/h4-16H,3,17H2,1-2H3,(H,28,30,32)/b22-16-. The Bertz CT molecular complexity index is 1240. The van der Waals surface area contributed by atoms with Crippen LogP contribution in [0.15, 0.2) is 78.4 Å². The van der Waals surface area contributed by atoms with Gasteiger partial charge in [0.15, 0.2) is 0 Å². The molecule has 0 spiro atoms. The maximum atomic E-state index is 13.3. The monoisotopic (exact) mass is 440 g/mol. The van der Waals surface area contributed by atoms with Crippen LogP contribution in [0.3, 0.4) is 0 Å². The maximum Gasteiger partial charge on any atom is 0.335 e. The fourth-order valence-corrected chi connectivity index (χ4v) is 3.64. The normalized spacial score (nSPS) is 15.0. The zero-order valence-electron chi connectivity index (χ0n) is 18.5. The Labute approximate surface area is 192 Å². The summed E-state index contributed by atoms with van der Waals surface area (Å²) in [5.41, 5.74) is 3.89. The summed E-state index contributed by atoms with van der Waals surface area (Å²) in [6.45, 7) is 4.30. The molecule has 3 aromatic carbocycles. The lowest BCUT2D eigenvalue weighted by molar-refractivity contribution is -0.122. The van der Waals surface area contributed by atoms with Crippen LogP contribution in [-0.2, 0) is 22.6 Å². The summed E-state index contributed by atoms with van der Waals surface area (Å²) in [6.07, 6.45) is 2.10. The molecule has 1 heterocycles. The fourth-order valence-electron chi connectivity index (χ4n) is 3.64. The number of para-hydroxylation sites is 2. The zero-order valence-corrected chi connectivity index (χ0v) is 18.5. The van der Waals surface area contributed by atoms with E-state index in [4.69, 9.17) is 4.74 Å². The number of aryl methyl sites for hydroxylation is 2. The van der Waals surface area contributed by atoms with Crippen LogP contribution in [-0.4, -0.2) is 17.8 Å². The van der Waals surface area contributed by atoms with E-state index in [0.29, 0.717) is 30.0 Å². The molecule has 1 N–H and O–H groups in total. The van der Waals surface area contributed by atoms with Gasteiger partial charge in [-0.1, -0.05) is 73.2 Å². The minimum atomic E-state index is -0.757. The first-order chi connectivity index (χ1) is 16.0. The molecule has 166 valence electrons. The van der Waals surface area contributed by atoms with Crippen molar-refractivity contribution in [2.24, 2.45) is 0 Å². The second kappa shape index (κ2) is 9.53. The van der Waals surface area contributed by atoms with Gasteiger partial charge in [0.05, 0.1) is 5.69 Å². The largest absolute Gasteiger partial charge is 0.488 e. The van der Waals surface area contributed by atoms with Crippen molar-refractivity contribution in [3.05, 3.63) is 101 Å². The number of barbiturate groups is 1. The number of carbonyl (C=O) groups is 3. The molecule has 3 aromatic rings. The van der Waals surface area contributed by atoms with Gasteiger partial charge in [-0.25, -0.2) is 9.69 Å². The molecule has 0 unspecified atom stereocenters. The van der Waals surface area contributed by atoms with Gasteiger partial charge in [-0.15, -0.1) is 0 Å². The quantitative estimate of drug-likeness (QED) is 0.441. The molecule has 0 atom stereocenters. The lowest BCUT2D eigenvalue weighted by atomic mass is 10.0. The number of benzene rings is 3. The minimum absolute atomic E-state index is 0.133. The van der Waals surface area contributed by atoms with Crippen molar-refractivity contribution in [1.29, 1.82) is 0 Å². The van der Waals surface area contributed by atoms with Gasteiger partial charge < -0.3 is 4.74 Å². The second-order valence-electron chi connectivity index (χ2n) is 7.75. The first-order valence-corrected chi connectivity index (χ1v) is 10.7. The third-order valence-electron chi connectivity index (χ3n) is 5.45. The highest BCUT2D eigenvalue weighted by Gasteiger charge is 2.37. The molecule has 6 nitrogen and oxygen atoms in total. The van der Waals surface area contributed by atoms with Gasteiger partial charge in [-0.3, -0.25) is 14.9 Å². The molecule has 1 aliphatic heterocycles. The molecule has 1 fully saturated rings. The topological polar surface area (TPSA) is 75.7 Å². The number of imide groups is 2. The van der Waals surface area contributed by atoms with E-state index < -0.39 is 17.8 Å². The van der Waals surface area contributed by atoms with Crippen LogP contribution < -0.4 is 15.0 Å². The van der Waals surface area contributed by atoms with Crippen LogP contribution in [0.1, 0.15) is 29.2 Å². The first kappa shape index (κ1) is 22.0. The molecule has 1 saturated heterocycles. The third kappa shape index (κ3) is 4.70. The number of nitrogens with one attached hydrogen (secondary N) is 1. The smallest absolute Gasteiger partial charge is 0.335 e. The van der Waals surface area contributed by atoms with Crippen LogP contribution >= 0.6 is 0 Å². The van der Waals surface area contributed by atoms with Crippen LogP contribution in [0.4, 0.5) is 10.5 Å². The van der Waals surface area contributed by atoms with Gasteiger partial charge in [0.1, 0.15) is 17.9 Å². The number of nitrogens with zero attached hydrogens (tertiary/aromatic N) is 1. The average molecular weight is 440 g/mol. The first-order valence-electron chi connectivity index (χ1n) is 10.7. The number of anilines is 1. The van der Waals surface area contributed by atoms with E-state index in [2.05, 4.69) is 5.32 Å². The van der Waals surface area contributed by atoms with E-state index in [0.717, 1.165) is 21.6 Å². The number of urea groups is 1. The number of carbonyl (C=O) groups excluding carboxylic acids is 3. The Morgan fingerprint density at radius 3 is 2.36 bits per heavy atom. The summed E-state index contributed by atoms with van der Waals surface area (Å²) in [5, 5.41) is 2.28. The van der Waals surface area contributed by atoms with E-state index in [-0.39, 0.29) is 5.57 Å². The predicted molar refractivity (Wildman–Crippen MR) is 127 cm³/mol. The van der Waals surface area contributed by atoms with Gasteiger partial charge in [0.25, 0.3) is 11.8 Å². The van der Waals surface area contributed by atoms with Crippen LogP contribution in [0.5, 0.6) is 5.75 Å². The summed E-state index contributed by atoms with van der Waals surface area (Å²) >= 11 is 0. The van der Waals surface area contributed by atoms with Gasteiger partial charge >= 0.3 is 6.03 Å². The molecule has 1 aliphatic rings. The van der Waals surface area contributed by atoms with Crippen molar-refractivity contribution in [2.45, 2.75) is 26.9 Å². The maximum absolute atomic E-state index is 13.3. The number of hydrogen-bond donors (Lipinski definition) is 1. The van der Waals surface area contributed by atoms with Crippen LogP contribution in [0.2, 0.25) is 0 Å². The molecule has 0 aliphatic carbocycles. The third-order valence-corrected chi connectivity index (χ3v) is 5.45. The van der Waals surface area contributed by atoms with Crippen molar-refractivity contribution in [2.75, 3.05) is 4.90 Å². The van der Waals surface area contributed by atoms with Crippen molar-refractivity contribution in [3.63, 3.8) is 0 Å². The molecule has 0 aromatic heterocycles. The molecule has 0 bridgehead atoms. The Balaban J connectivity index is 1.65. The van der Waals surface area contributed by atoms with Crippen molar-refractivity contribution in [3.8, 4) is 5.75 Å². The second-order valence-corrected chi connectivity index (χ2v) is 7.75. The highest BCUT2D eigenvalue weighted by atomic mass is 16.5. The van der Waals surface area contributed by atoms with Crippen LogP contribution in [0, 0.1) is 6.92 Å². The predicted octanol–water partition coefficient (Wildman–Crippen LogP) is 4.80. The average Bonchev–Trinajstić information content (AvgIpc) is 2.82. The fraction of sp³-hybridized carbons (Fsp3) is 0.148. The number of hydrogen-bond acceptors (Lipinski definition) is 4. The Morgan fingerprint density at radius 2 is 1.61 bits per heavy atom. The lowest BCUT2D eigenvalue weighted by Gasteiger charge is -2.28. The Hall–Kier alpha value is -4.19. The highest BCUT2D eigenvalue weighted by molar-refractivity contribution is 6.39. The van der Waals surface area contributed by atoms with E-state index in [1.54, 1.807) is 30.3 Å². The van der Waals surface area contributed by atoms with E-state index in [9.17, 15) is 14.4 Å². The molecule has 0 saturated carbocycles. The summed E-state index contributed by atoms with van der Waals surface area (Å²) in [6, 6.07) is 21.6. The Kier molecular flexibility index (Phi) is 6.36. The molecule has 33 heavy (non-hydrogen) atoms. The van der Waals surface area contributed by atoms with E-state index in [1.807, 2.05) is 56.3 Å². The molecule has 4 amide bonds. The SMILES string of the molecule is CCc1ccccc1N1C(=O)NC(=O)/C(=C/c2ccccc2OCc2ccc(C)cc2)C1=O. The number of rotatable bonds is 6.